The molecule has 0 spiro atoms. The largest absolute Gasteiger partial charge is 0.494 e. The van der Waals surface area contributed by atoms with Gasteiger partial charge in [0.2, 0.25) is 11.9 Å². The van der Waals surface area contributed by atoms with Gasteiger partial charge in [-0.05, 0) is 49.6 Å². The van der Waals surface area contributed by atoms with Crippen LogP contribution in [0.4, 0.5) is 27.5 Å². The van der Waals surface area contributed by atoms with Crippen molar-refractivity contribution in [1.82, 2.24) is 19.5 Å². The number of anilines is 4. The number of methoxy groups -OCH3 is 1. The van der Waals surface area contributed by atoms with Crippen molar-refractivity contribution in [1.29, 1.82) is 0 Å². The molecule has 1 saturated heterocycles. The quantitative estimate of drug-likeness (QED) is 0.387. The van der Waals surface area contributed by atoms with Crippen molar-refractivity contribution in [3.05, 3.63) is 77.8 Å². The highest BCUT2D eigenvalue weighted by Gasteiger charge is 2.47. The summed E-state index contributed by atoms with van der Waals surface area (Å²) in [6.07, 6.45) is 5.10. The van der Waals surface area contributed by atoms with Crippen molar-refractivity contribution >= 4 is 29.0 Å². The van der Waals surface area contributed by atoms with Crippen LogP contribution in [0.5, 0.6) is 5.75 Å². The lowest BCUT2D eigenvalue weighted by atomic mass is 9.90. The van der Waals surface area contributed by atoms with Gasteiger partial charge in [-0.25, -0.2) is 14.4 Å². The summed E-state index contributed by atoms with van der Waals surface area (Å²) < 4.78 is 21.2. The molecule has 0 aliphatic carbocycles. The average molecular weight is 528 g/mol. The van der Waals surface area contributed by atoms with E-state index >= 15 is 0 Å². The number of benzene rings is 2. The highest BCUT2D eigenvalue weighted by Crippen LogP contribution is 2.45. The predicted molar refractivity (Wildman–Crippen MR) is 148 cm³/mol. The summed E-state index contributed by atoms with van der Waals surface area (Å²) in [5.74, 6) is 1.53. The van der Waals surface area contributed by atoms with Crippen LogP contribution < -0.4 is 19.9 Å². The summed E-state index contributed by atoms with van der Waals surface area (Å²) >= 11 is 0. The molecule has 1 N–H and O–H groups in total. The van der Waals surface area contributed by atoms with E-state index in [9.17, 15) is 9.18 Å². The molecule has 0 radical (unpaired) electrons. The molecular formula is C29H30FN7O2. The maximum Gasteiger partial charge on any atom is 0.250 e. The number of rotatable bonds is 6. The molecule has 1 amide bonds. The van der Waals surface area contributed by atoms with Crippen LogP contribution in [0.25, 0.3) is 5.69 Å². The number of nitrogens with one attached hydrogen (secondary N) is 1. The van der Waals surface area contributed by atoms with Gasteiger partial charge < -0.3 is 24.4 Å². The molecule has 39 heavy (non-hydrogen) atoms. The van der Waals surface area contributed by atoms with Gasteiger partial charge >= 0.3 is 0 Å². The monoisotopic (exact) mass is 527 g/mol. The van der Waals surface area contributed by atoms with Crippen molar-refractivity contribution < 1.29 is 13.9 Å². The van der Waals surface area contributed by atoms with E-state index in [1.165, 1.54) is 12.1 Å². The van der Waals surface area contributed by atoms with Gasteiger partial charge in [-0.3, -0.25) is 4.79 Å². The molecule has 2 aromatic carbocycles. The minimum atomic E-state index is -0.404. The number of carbonyl (C=O) groups is 1. The molecule has 4 heterocycles. The number of aromatic nitrogens is 4. The van der Waals surface area contributed by atoms with E-state index in [0.29, 0.717) is 24.7 Å². The second-order valence-corrected chi connectivity index (χ2v) is 9.94. The molecule has 9 nitrogen and oxygen atoms in total. The lowest BCUT2D eigenvalue weighted by Gasteiger charge is -2.39. The third kappa shape index (κ3) is 4.25. The molecular weight excluding hydrogens is 497 g/mol. The number of ether oxygens (including phenoxy) is 1. The summed E-state index contributed by atoms with van der Waals surface area (Å²) in [4.78, 5) is 31.4. The molecule has 2 atom stereocenters. The van der Waals surface area contributed by atoms with Crippen LogP contribution in [0.1, 0.15) is 36.2 Å². The third-order valence-corrected chi connectivity index (χ3v) is 7.59. The first kappa shape index (κ1) is 24.8. The smallest absolute Gasteiger partial charge is 0.250 e. The van der Waals surface area contributed by atoms with E-state index in [4.69, 9.17) is 14.7 Å². The fraction of sp³-hybridized carbons (Fsp3) is 0.310. The first-order chi connectivity index (χ1) is 18.9. The van der Waals surface area contributed by atoms with Gasteiger partial charge in [0.25, 0.3) is 0 Å². The standard InChI is InChI=1S/C29H30FN7O2/c1-5-22-26-27(37-13-12-21(25(37)28(38)35(26)3)18-6-8-19(30)9-7-18)34-29(33-22)32-20-10-11-23(24(14-20)39-4)36-15-17(2)31-16-36/h6-11,14-16,21,25H,5,12-13H2,1-4H3,(H,32,33,34). The van der Waals surface area contributed by atoms with Gasteiger partial charge in [0.1, 0.15) is 23.3 Å². The normalized spacial score (nSPS) is 18.2. The number of hydrogen-bond donors (Lipinski definition) is 1. The Kier molecular flexibility index (Phi) is 6.17. The molecule has 0 bridgehead atoms. The van der Waals surface area contributed by atoms with Crippen LogP contribution in [-0.2, 0) is 11.2 Å². The van der Waals surface area contributed by atoms with Crippen molar-refractivity contribution in [2.75, 3.05) is 35.8 Å². The van der Waals surface area contributed by atoms with Crippen molar-refractivity contribution in [3.8, 4) is 11.4 Å². The molecule has 2 aliphatic rings. The molecule has 4 aromatic rings. The fourth-order valence-electron chi connectivity index (χ4n) is 5.69. The summed E-state index contributed by atoms with van der Waals surface area (Å²) in [5, 5.41) is 3.34. The Morgan fingerprint density at radius 2 is 1.95 bits per heavy atom. The van der Waals surface area contributed by atoms with Gasteiger partial charge in [0.15, 0.2) is 5.82 Å². The number of carbonyl (C=O) groups excluding carboxylic acids is 1. The van der Waals surface area contributed by atoms with Gasteiger partial charge in [-0.15, -0.1) is 0 Å². The fourth-order valence-corrected chi connectivity index (χ4v) is 5.69. The highest BCUT2D eigenvalue weighted by molar-refractivity contribution is 6.06. The van der Waals surface area contributed by atoms with Gasteiger partial charge in [-0.2, -0.15) is 4.98 Å². The molecule has 200 valence electrons. The summed E-state index contributed by atoms with van der Waals surface area (Å²) in [6, 6.07) is 11.9. The molecule has 1 fully saturated rings. The molecule has 10 heteroatoms. The summed E-state index contributed by atoms with van der Waals surface area (Å²) in [7, 11) is 3.42. The second kappa shape index (κ2) is 9.68. The first-order valence-corrected chi connectivity index (χ1v) is 13.0. The number of halogens is 1. The number of amides is 1. The maximum absolute atomic E-state index is 13.6. The summed E-state index contributed by atoms with van der Waals surface area (Å²) in [6.45, 7) is 4.63. The molecule has 2 unspecified atom stereocenters. The number of aryl methyl sites for hydroxylation is 2. The minimum Gasteiger partial charge on any atom is -0.494 e. The predicted octanol–water partition coefficient (Wildman–Crippen LogP) is 4.76. The molecule has 2 aliphatic heterocycles. The zero-order valence-electron chi connectivity index (χ0n) is 22.3. The van der Waals surface area contributed by atoms with E-state index in [2.05, 4.69) is 15.2 Å². The van der Waals surface area contributed by atoms with E-state index in [1.807, 2.05) is 42.8 Å². The number of nitrogens with zero attached hydrogens (tertiary/aromatic N) is 6. The lowest BCUT2D eigenvalue weighted by Crippen LogP contribution is -2.51. The Labute approximate surface area is 226 Å². The summed E-state index contributed by atoms with van der Waals surface area (Å²) in [5.41, 5.74) is 5.05. The van der Waals surface area contributed by atoms with Crippen molar-refractivity contribution in [3.63, 3.8) is 0 Å². The van der Waals surface area contributed by atoms with E-state index in [0.717, 1.165) is 46.3 Å². The number of imidazole rings is 1. The second-order valence-electron chi connectivity index (χ2n) is 9.94. The minimum absolute atomic E-state index is 0.00315. The third-order valence-electron chi connectivity index (χ3n) is 7.59. The van der Waals surface area contributed by atoms with Gasteiger partial charge in [0, 0.05) is 37.5 Å². The Balaban J connectivity index is 1.36. The van der Waals surface area contributed by atoms with Crippen molar-refractivity contribution in [2.24, 2.45) is 0 Å². The SMILES string of the molecule is CCc1nc(Nc2ccc(-n3cnc(C)c3)c(OC)c2)nc2c1N(C)C(=O)C1C(c3ccc(F)cc3)CCN21. The van der Waals surface area contributed by atoms with Crippen LogP contribution in [0.3, 0.4) is 0 Å². The van der Waals surface area contributed by atoms with Crippen LogP contribution in [0.2, 0.25) is 0 Å². The van der Waals surface area contributed by atoms with Gasteiger partial charge in [0.05, 0.1) is 30.5 Å². The van der Waals surface area contributed by atoms with E-state index in [-0.39, 0.29) is 17.6 Å². The molecule has 2 aromatic heterocycles. The highest BCUT2D eigenvalue weighted by atomic mass is 19.1. The Morgan fingerprint density at radius 3 is 2.64 bits per heavy atom. The zero-order valence-corrected chi connectivity index (χ0v) is 22.3. The van der Waals surface area contributed by atoms with Crippen molar-refractivity contribution in [2.45, 2.75) is 38.6 Å². The number of hydrogen-bond acceptors (Lipinski definition) is 7. The molecule has 0 saturated carbocycles. The van der Waals surface area contributed by atoms with E-state index in [1.54, 1.807) is 37.5 Å². The van der Waals surface area contributed by atoms with Crippen LogP contribution in [0, 0.1) is 12.7 Å². The number of likely N-dealkylation sites (N-methyl/N-ethyl adjacent to an activating group) is 1. The Hall–Kier alpha value is -4.47. The zero-order chi connectivity index (χ0) is 27.3. The topological polar surface area (TPSA) is 88.4 Å². The average Bonchev–Trinajstić information content (AvgIpc) is 3.58. The van der Waals surface area contributed by atoms with Crippen LogP contribution in [-0.4, -0.2) is 52.2 Å². The van der Waals surface area contributed by atoms with E-state index < -0.39 is 6.04 Å². The molecule has 6 rings (SSSR count). The van der Waals surface area contributed by atoms with Crippen LogP contribution in [0.15, 0.2) is 55.0 Å². The van der Waals surface area contributed by atoms with Gasteiger partial charge in [-0.1, -0.05) is 19.1 Å². The Bertz CT molecular complexity index is 1550. The maximum atomic E-state index is 13.6. The Morgan fingerprint density at radius 1 is 1.15 bits per heavy atom. The lowest BCUT2D eigenvalue weighted by molar-refractivity contribution is -0.120. The number of fused-ring (bicyclic) bond motifs is 3. The first-order valence-electron chi connectivity index (χ1n) is 13.0. The van der Waals surface area contributed by atoms with Crippen LogP contribution >= 0.6 is 0 Å².